The number of furan rings is 1. The van der Waals surface area contributed by atoms with Crippen LogP contribution in [0.3, 0.4) is 0 Å². The first-order valence-electron chi connectivity index (χ1n) is 6.00. The first kappa shape index (κ1) is 17.0. The van der Waals surface area contributed by atoms with Gasteiger partial charge in [-0.2, -0.15) is 0 Å². The lowest BCUT2D eigenvalue weighted by Gasteiger charge is -2.31. The maximum atomic E-state index is 12.2. The molecule has 1 saturated heterocycles. The van der Waals surface area contributed by atoms with Crippen LogP contribution in [0.5, 0.6) is 0 Å². The third-order valence-electron chi connectivity index (χ3n) is 2.98. The molecular formula is C11H18ClN3O4S. The molecule has 1 aromatic rings. The Morgan fingerprint density at radius 2 is 2.20 bits per heavy atom. The predicted molar refractivity (Wildman–Crippen MR) is 75.6 cm³/mol. The van der Waals surface area contributed by atoms with E-state index in [4.69, 9.17) is 4.42 Å². The molecule has 1 fully saturated rings. The Hall–Kier alpha value is -1.09. The van der Waals surface area contributed by atoms with E-state index in [0.29, 0.717) is 13.1 Å². The summed E-state index contributed by atoms with van der Waals surface area (Å²) in [6, 6.07) is 2.89. The van der Waals surface area contributed by atoms with Gasteiger partial charge in [-0.15, -0.1) is 12.4 Å². The van der Waals surface area contributed by atoms with Crippen LogP contribution in [0.2, 0.25) is 0 Å². The van der Waals surface area contributed by atoms with Crippen LogP contribution in [0.25, 0.3) is 0 Å². The van der Waals surface area contributed by atoms with Gasteiger partial charge in [-0.05, 0) is 26.1 Å². The Bertz CT molecular complexity index is 572. The summed E-state index contributed by atoms with van der Waals surface area (Å²) in [5.41, 5.74) is 0. The molecule has 114 valence electrons. The van der Waals surface area contributed by atoms with Crippen LogP contribution >= 0.6 is 12.4 Å². The van der Waals surface area contributed by atoms with Gasteiger partial charge in [-0.1, -0.05) is 0 Å². The smallest absolute Gasteiger partial charge is 0.289 e. The minimum Gasteiger partial charge on any atom is -0.438 e. The van der Waals surface area contributed by atoms with E-state index in [1.807, 2.05) is 6.92 Å². The summed E-state index contributed by atoms with van der Waals surface area (Å²) in [6.45, 7) is 3.86. The SMILES string of the molecule is CNS(=O)(=O)c1ccc(C(=O)N2CCNC(C)C2)o1.Cl. The molecule has 2 N–H and O–H groups in total. The highest BCUT2D eigenvalue weighted by molar-refractivity contribution is 7.89. The summed E-state index contributed by atoms with van der Waals surface area (Å²) >= 11 is 0. The zero-order valence-corrected chi connectivity index (χ0v) is 12.9. The van der Waals surface area contributed by atoms with E-state index >= 15 is 0 Å². The van der Waals surface area contributed by atoms with Crippen molar-refractivity contribution in [2.75, 3.05) is 26.7 Å². The summed E-state index contributed by atoms with van der Waals surface area (Å²) in [5, 5.41) is 2.98. The van der Waals surface area contributed by atoms with Gasteiger partial charge in [0, 0.05) is 25.7 Å². The fraction of sp³-hybridized carbons (Fsp3) is 0.545. The highest BCUT2D eigenvalue weighted by Gasteiger charge is 2.25. The standard InChI is InChI=1S/C11H17N3O4S.ClH/c1-8-7-14(6-5-13-8)11(15)9-3-4-10(18-9)19(16,17)12-2;/h3-4,8,12-13H,5-7H2,1-2H3;1H. The van der Waals surface area contributed by atoms with Crippen molar-refractivity contribution in [3.8, 4) is 0 Å². The maximum Gasteiger partial charge on any atom is 0.289 e. The van der Waals surface area contributed by atoms with Crippen molar-refractivity contribution < 1.29 is 17.6 Å². The highest BCUT2D eigenvalue weighted by atomic mass is 35.5. The van der Waals surface area contributed by atoms with Crippen molar-refractivity contribution >= 4 is 28.3 Å². The van der Waals surface area contributed by atoms with Gasteiger partial charge in [-0.25, -0.2) is 13.1 Å². The number of nitrogens with one attached hydrogen (secondary N) is 2. The van der Waals surface area contributed by atoms with Crippen LogP contribution in [0.15, 0.2) is 21.6 Å². The van der Waals surface area contributed by atoms with E-state index in [-0.39, 0.29) is 35.2 Å². The van der Waals surface area contributed by atoms with Crippen LogP contribution in [0, 0.1) is 0 Å². The second-order valence-corrected chi connectivity index (χ2v) is 6.25. The summed E-state index contributed by atoms with van der Waals surface area (Å²) in [7, 11) is -2.36. The predicted octanol–water partition coefficient (Wildman–Crippen LogP) is 0.0434. The van der Waals surface area contributed by atoms with E-state index < -0.39 is 10.0 Å². The number of halogens is 1. The van der Waals surface area contributed by atoms with Crippen molar-refractivity contribution in [1.82, 2.24) is 14.9 Å². The zero-order valence-electron chi connectivity index (χ0n) is 11.3. The van der Waals surface area contributed by atoms with Gasteiger partial charge in [0.05, 0.1) is 0 Å². The van der Waals surface area contributed by atoms with Gasteiger partial charge in [0.1, 0.15) is 0 Å². The molecular weight excluding hydrogens is 306 g/mol. The third-order valence-corrected chi connectivity index (χ3v) is 4.27. The number of carbonyl (C=O) groups is 1. The Balaban J connectivity index is 0.00000200. The van der Waals surface area contributed by atoms with E-state index in [1.165, 1.54) is 19.2 Å². The first-order chi connectivity index (χ1) is 8.94. The van der Waals surface area contributed by atoms with Crippen molar-refractivity contribution in [2.45, 2.75) is 18.1 Å². The molecule has 2 heterocycles. The van der Waals surface area contributed by atoms with Crippen LogP contribution < -0.4 is 10.0 Å². The van der Waals surface area contributed by atoms with E-state index in [2.05, 4.69) is 10.0 Å². The largest absolute Gasteiger partial charge is 0.438 e. The quantitative estimate of drug-likeness (QED) is 0.819. The molecule has 0 aliphatic carbocycles. The molecule has 0 radical (unpaired) electrons. The van der Waals surface area contributed by atoms with Crippen molar-refractivity contribution in [2.24, 2.45) is 0 Å². The molecule has 0 saturated carbocycles. The summed E-state index contributed by atoms with van der Waals surface area (Å²) in [6.07, 6.45) is 0. The summed E-state index contributed by atoms with van der Waals surface area (Å²) in [4.78, 5) is 13.8. The van der Waals surface area contributed by atoms with E-state index in [1.54, 1.807) is 4.90 Å². The lowest BCUT2D eigenvalue weighted by Crippen LogP contribution is -2.51. The minimum absolute atomic E-state index is 0. The average Bonchev–Trinajstić information content (AvgIpc) is 2.88. The van der Waals surface area contributed by atoms with Crippen LogP contribution in [-0.4, -0.2) is 51.9 Å². The van der Waals surface area contributed by atoms with Gasteiger partial charge in [0.2, 0.25) is 5.09 Å². The van der Waals surface area contributed by atoms with Crippen LogP contribution in [0.4, 0.5) is 0 Å². The molecule has 20 heavy (non-hydrogen) atoms. The number of amides is 1. The molecule has 0 spiro atoms. The monoisotopic (exact) mass is 323 g/mol. The van der Waals surface area contributed by atoms with E-state index in [9.17, 15) is 13.2 Å². The zero-order chi connectivity index (χ0) is 14.0. The Morgan fingerprint density at radius 1 is 1.50 bits per heavy atom. The van der Waals surface area contributed by atoms with Crippen molar-refractivity contribution in [3.05, 3.63) is 17.9 Å². The molecule has 7 nitrogen and oxygen atoms in total. The second-order valence-electron chi connectivity index (χ2n) is 4.43. The van der Waals surface area contributed by atoms with Crippen LogP contribution in [-0.2, 0) is 10.0 Å². The Kier molecular flexibility index (Phi) is 5.58. The first-order valence-corrected chi connectivity index (χ1v) is 7.48. The number of nitrogens with zero attached hydrogens (tertiary/aromatic N) is 1. The number of carbonyl (C=O) groups excluding carboxylic acids is 1. The molecule has 9 heteroatoms. The summed E-state index contributed by atoms with van der Waals surface area (Å²) < 4.78 is 30.3. The number of rotatable bonds is 3. The van der Waals surface area contributed by atoms with Crippen molar-refractivity contribution in [1.29, 1.82) is 0 Å². The number of piperazine rings is 1. The normalized spacial score (nSPS) is 19.5. The lowest BCUT2D eigenvalue weighted by atomic mass is 10.2. The van der Waals surface area contributed by atoms with Gasteiger partial charge in [0.15, 0.2) is 5.76 Å². The van der Waals surface area contributed by atoms with Gasteiger partial charge in [0.25, 0.3) is 15.9 Å². The molecule has 2 rings (SSSR count). The van der Waals surface area contributed by atoms with Gasteiger partial charge < -0.3 is 14.6 Å². The Labute approximate surface area is 124 Å². The second kappa shape index (κ2) is 6.57. The van der Waals surface area contributed by atoms with Gasteiger partial charge >= 0.3 is 0 Å². The molecule has 1 aliphatic rings. The van der Waals surface area contributed by atoms with Crippen molar-refractivity contribution in [3.63, 3.8) is 0 Å². The maximum absolute atomic E-state index is 12.2. The van der Waals surface area contributed by atoms with Gasteiger partial charge in [-0.3, -0.25) is 4.79 Å². The molecule has 0 aromatic carbocycles. The topological polar surface area (TPSA) is 91.7 Å². The average molecular weight is 324 g/mol. The van der Waals surface area contributed by atoms with Crippen LogP contribution in [0.1, 0.15) is 17.5 Å². The fourth-order valence-corrected chi connectivity index (χ4v) is 2.60. The molecule has 1 atom stereocenters. The fourth-order valence-electron chi connectivity index (χ4n) is 1.95. The molecule has 1 amide bonds. The number of sulfonamides is 1. The Morgan fingerprint density at radius 3 is 2.80 bits per heavy atom. The molecule has 1 unspecified atom stereocenters. The molecule has 1 aliphatic heterocycles. The highest BCUT2D eigenvalue weighted by Crippen LogP contribution is 2.16. The number of hydrogen-bond donors (Lipinski definition) is 2. The molecule has 0 bridgehead atoms. The van der Waals surface area contributed by atoms with E-state index in [0.717, 1.165) is 6.54 Å². The summed E-state index contributed by atoms with van der Waals surface area (Å²) in [5.74, 6) is -0.242. The minimum atomic E-state index is -3.65. The molecule has 1 aromatic heterocycles. The number of hydrogen-bond acceptors (Lipinski definition) is 5. The third kappa shape index (κ3) is 3.51. The lowest BCUT2D eigenvalue weighted by molar-refractivity contribution is 0.0671.